The van der Waals surface area contributed by atoms with E-state index in [-0.39, 0.29) is 11.8 Å². The predicted molar refractivity (Wildman–Crippen MR) is 123 cm³/mol. The second-order valence-electron chi connectivity index (χ2n) is 8.56. The molecule has 0 aliphatic carbocycles. The molecule has 2 fully saturated rings. The Labute approximate surface area is 191 Å². The van der Waals surface area contributed by atoms with Gasteiger partial charge >= 0.3 is 0 Å². The standard InChI is InChI=1S/C24H24ClN5O2/c25-20-5-1-16(2-6-20)3-8-23(31)30-14-18-9-11-29(12-10-19(18)15-30)24(32)17-4-7-21-22(13-17)27-28-26-21/h1-8,13,18-19H,9-12,14-15H2,(H,26,27,28)/b8-3+. The molecule has 8 heteroatoms. The van der Waals surface area contributed by atoms with Crippen LogP contribution < -0.4 is 0 Å². The van der Waals surface area contributed by atoms with Gasteiger partial charge in [-0.15, -0.1) is 5.10 Å². The molecule has 0 saturated carbocycles. The van der Waals surface area contributed by atoms with Crippen molar-refractivity contribution in [1.82, 2.24) is 25.2 Å². The van der Waals surface area contributed by atoms with Crippen LogP contribution in [0.5, 0.6) is 0 Å². The molecule has 2 saturated heterocycles. The lowest BCUT2D eigenvalue weighted by Gasteiger charge is -2.22. The van der Waals surface area contributed by atoms with Crippen molar-refractivity contribution in [1.29, 1.82) is 0 Å². The Morgan fingerprint density at radius 1 is 1.00 bits per heavy atom. The Hall–Kier alpha value is -3.19. The van der Waals surface area contributed by atoms with E-state index in [9.17, 15) is 9.59 Å². The summed E-state index contributed by atoms with van der Waals surface area (Å²) in [5, 5.41) is 11.3. The zero-order valence-corrected chi connectivity index (χ0v) is 18.3. The number of fused-ring (bicyclic) bond motifs is 2. The van der Waals surface area contributed by atoms with Gasteiger partial charge < -0.3 is 9.80 Å². The van der Waals surface area contributed by atoms with E-state index >= 15 is 0 Å². The molecular formula is C24H24ClN5O2. The van der Waals surface area contributed by atoms with E-state index in [4.69, 9.17) is 11.6 Å². The van der Waals surface area contributed by atoms with Gasteiger partial charge in [0.05, 0.1) is 5.52 Å². The lowest BCUT2D eigenvalue weighted by molar-refractivity contribution is -0.125. The van der Waals surface area contributed by atoms with E-state index in [1.165, 1.54) is 0 Å². The molecule has 3 aromatic rings. The fraction of sp³-hybridized carbons (Fsp3) is 0.333. The molecule has 32 heavy (non-hydrogen) atoms. The zero-order chi connectivity index (χ0) is 22.1. The fourth-order valence-corrected chi connectivity index (χ4v) is 4.86. The topological polar surface area (TPSA) is 82.2 Å². The zero-order valence-electron chi connectivity index (χ0n) is 17.6. The van der Waals surface area contributed by atoms with Gasteiger partial charge in [-0.05, 0) is 66.6 Å². The van der Waals surface area contributed by atoms with Gasteiger partial charge in [-0.25, -0.2) is 0 Å². The van der Waals surface area contributed by atoms with E-state index in [2.05, 4.69) is 15.4 Å². The molecule has 2 aliphatic rings. The van der Waals surface area contributed by atoms with Crippen LogP contribution in [0, 0.1) is 11.8 Å². The number of nitrogens with one attached hydrogen (secondary N) is 1. The number of halogens is 1. The van der Waals surface area contributed by atoms with Gasteiger partial charge in [-0.1, -0.05) is 28.9 Å². The molecule has 2 unspecified atom stereocenters. The van der Waals surface area contributed by atoms with Crippen LogP contribution >= 0.6 is 11.6 Å². The molecule has 2 amide bonds. The number of benzene rings is 2. The van der Waals surface area contributed by atoms with Crippen LogP contribution in [0.1, 0.15) is 28.8 Å². The van der Waals surface area contributed by atoms with E-state index < -0.39 is 0 Å². The average Bonchev–Trinajstić information content (AvgIpc) is 3.40. The van der Waals surface area contributed by atoms with E-state index in [0.717, 1.165) is 37.0 Å². The first-order valence-electron chi connectivity index (χ1n) is 10.9. The Morgan fingerprint density at radius 3 is 2.44 bits per heavy atom. The van der Waals surface area contributed by atoms with Crippen LogP contribution in [-0.4, -0.2) is 63.2 Å². The number of likely N-dealkylation sites (tertiary alicyclic amines) is 2. The SMILES string of the molecule is O=C(/C=C/c1ccc(Cl)cc1)N1CC2CCN(C(=O)c3ccc4[nH]nnc4c3)CCC2C1. The summed E-state index contributed by atoms with van der Waals surface area (Å²) in [5.41, 5.74) is 3.11. The predicted octanol–water partition coefficient (Wildman–Crippen LogP) is 3.64. The fourth-order valence-electron chi connectivity index (χ4n) is 4.74. The number of hydrogen-bond acceptors (Lipinski definition) is 4. The quantitative estimate of drug-likeness (QED) is 0.619. The van der Waals surface area contributed by atoms with Crippen LogP contribution in [0.4, 0.5) is 0 Å². The third kappa shape index (κ3) is 4.25. The van der Waals surface area contributed by atoms with Crippen molar-refractivity contribution in [3.05, 3.63) is 64.7 Å². The lowest BCUT2D eigenvalue weighted by atomic mass is 9.92. The number of nitrogens with zero attached hydrogens (tertiary/aromatic N) is 4. The van der Waals surface area contributed by atoms with Crippen molar-refractivity contribution >= 4 is 40.5 Å². The van der Waals surface area contributed by atoms with Gasteiger partial charge in [-0.3, -0.25) is 14.7 Å². The highest BCUT2D eigenvalue weighted by molar-refractivity contribution is 6.30. The smallest absolute Gasteiger partial charge is 0.253 e. The number of hydrogen-bond donors (Lipinski definition) is 1. The Bertz CT molecular complexity index is 1160. The number of aromatic nitrogens is 3. The number of H-pyrrole nitrogens is 1. The van der Waals surface area contributed by atoms with Crippen LogP contribution in [-0.2, 0) is 4.79 Å². The van der Waals surface area contributed by atoms with Crippen molar-refractivity contribution in [2.24, 2.45) is 11.8 Å². The summed E-state index contributed by atoms with van der Waals surface area (Å²) in [6, 6.07) is 12.9. The Balaban J connectivity index is 1.19. The summed E-state index contributed by atoms with van der Waals surface area (Å²) < 4.78 is 0. The van der Waals surface area contributed by atoms with Crippen molar-refractivity contribution < 1.29 is 9.59 Å². The van der Waals surface area contributed by atoms with E-state index in [0.29, 0.717) is 41.0 Å². The maximum Gasteiger partial charge on any atom is 0.253 e. The number of rotatable bonds is 3. The lowest BCUT2D eigenvalue weighted by Crippen LogP contribution is -2.33. The van der Waals surface area contributed by atoms with E-state index in [1.54, 1.807) is 12.1 Å². The average molecular weight is 450 g/mol. The van der Waals surface area contributed by atoms with Crippen LogP contribution in [0.25, 0.3) is 17.1 Å². The molecular weight excluding hydrogens is 426 g/mol. The summed E-state index contributed by atoms with van der Waals surface area (Å²) in [6.45, 7) is 2.92. The summed E-state index contributed by atoms with van der Waals surface area (Å²) >= 11 is 5.91. The second-order valence-corrected chi connectivity index (χ2v) is 9.00. The van der Waals surface area contributed by atoms with Crippen molar-refractivity contribution in [3.63, 3.8) is 0 Å². The molecule has 2 atom stereocenters. The molecule has 1 aromatic heterocycles. The Morgan fingerprint density at radius 2 is 1.72 bits per heavy atom. The van der Waals surface area contributed by atoms with Crippen LogP contribution in [0.15, 0.2) is 48.5 Å². The highest BCUT2D eigenvalue weighted by atomic mass is 35.5. The first-order chi connectivity index (χ1) is 15.6. The van der Waals surface area contributed by atoms with E-state index in [1.807, 2.05) is 52.3 Å². The van der Waals surface area contributed by atoms with Crippen molar-refractivity contribution in [2.45, 2.75) is 12.8 Å². The minimum atomic E-state index is 0.0358. The maximum atomic E-state index is 13.0. The second kappa shape index (κ2) is 8.74. The molecule has 0 bridgehead atoms. The molecule has 0 radical (unpaired) electrons. The number of aromatic amines is 1. The minimum Gasteiger partial charge on any atom is -0.339 e. The van der Waals surface area contributed by atoms with Crippen LogP contribution in [0.2, 0.25) is 5.02 Å². The van der Waals surface area contributed by atoms with Gasteiger partial charge in [0, 0.05) is 42.8 Å². The molecule has 5 rings (SSSR count). The summed E-state index contributed by atoms with van der Waals surface area (Å²) in [6.07, 6.45) is 5.30. The molecule has 1 N–H and O–H groups in total. The first kappa shape index (κ1) is 20.7. The maximum absolute atomic E-state index is 13.0. The molecule has 0 spiro atoms. The molecule has 7 nitrogen and oxygen atoms in total. The third-order valence-electron chi connectivity index (χ3n) is 6.58. The molecule has 2 aliphatic heterocycles. The van der Waals surface area contributed by atoms with Gasteiger partial charge in [0.1, 0.15) is 5.52 Å². The highest BCUT2D eigenvalue weighted by Crippen LogP contribution is 2.32. The summed E-state index contributed by atoms with van der Waals surface area (Å²) in [4.78, 5) is 29.6. The number of carbonyl (C=O) groups excluding carboxylic acids is 2. The van der Waals surface area contributed by atoms with Gasteiger partial charge in [0.15, 0.2) is 0 Å². The van der Waals surface area contributed by atoms with Crippen LogP contribution in [0.3, 0.4) is 0 Å². The van der Waals surface area contributed by atoms with Gasteiger partial charge in [0.25, 0.3) is 5.91 Å². The van der Waals surface area contributed by atoms with Gasteiger partial charge in [0.2, 0.25) is 5.91 Å². The van der Waals surface area contributed by atoms with Gasteiger partial charge in [-0.2, -0.15) is 0 Å². The Kier molecular flexibility index (Phi) is 5.66. The molecule has 3 heterocycles. The molecule has 164 valence electrons. The molecule has 2 aromatic carbocycles. The normalized spacial score (nSPS) is 21.2. The summed E-state index contributed by atoms with van der Waals surface area (Å²) in [7, 11) is 0. The first-order valence-corrected chi connectivity index (χ1v) is 11.3. The monoisotopic (exact) mass is 449 g/mol. The van der Waals surface area contributed by atoms with Crippen molar-refractivity contribution in [3.8, 4) is 0 Å². The largest absolute Gasteiger partial charge is 0.339 e. The number of carbonyl (C=O) groups is 2. The number of amides is 2. The van der Waals surface area contributed by atoms with Crippen molar-refractivity contribution in [2.75, 3.05) is 26.2 Å². The third-order valence-corrected chi connectivity index (χ3v) is 6.83. The minimum absolute atomic E-state index is 0.0358. The summed E-state index contributed by atoms with van der Waals surface area (Å²) in [5.74, 6) is 0.938. The highest BCUT2D eigenvalue weighted by Gasteiger charge is 2.37.